The largest absolute Gasteiger partial charge is 0.489 e. The van der Waals surface area contributed by atoms with Crippen LogP contribution in [0.3, 0.4) is 0 Å². The predicted molar refractivity (Wildman–Crippen MR) is 85.7 cm³/mol. The van der Waals surface area contributed by atoms with Crippen molar-refractivity contribution in [1.82, 2.24) is 0 Å². The summed E-state index contributed by atoms with van der Waals surface area (Å²) in [6, 6.07) is 9.18. The van der Waals surface area contributed by atoms with Crippen molar-refractivity contribution in [1.29, 1.82) is 0 Å². The Bertz CT molecular complexity index is 689. The molecule has 2 aromatic carbocycles. The lowest BCUT2D eigenvalue weighted by Gasteiger charge is -2.15. The van der Waals surface area contributed by atoms with E-state index in [-0.39, 0.29) is 35.9 Å². The summed E-state index contributed by atoms with van der Waals surface area (Å²) in [6.07, 6.45) is 0. The fourth-order valence-corrected chi connectivity index (χ4v) is 2.31. The van der Waals surface area contributed by atoms with E-state index >= 15 is 0 Å². The van der Waals surface area contributed by atoms with Gasteiger partial charge in [0.1, 0.15) is 30.5 Å². The molecule has 0 bridgehead atoms. The van der Waals surface area contributed by atoms with Gasteiger partial charge in [0, 0.05) is 11.1 Å². The Morgan fingerprint density at radius 2 is 1.62 bits per heavy atom. The molecular weight excluding hydrogens is 315 g/mol. The van der Waals surface area contributed by atoms with Crippen molar-refractivity contribution in [2.24, 2.45) is 0 Å². The lowest BCUT2D eigenvalue weighted by Crippen LogP contribution is -2.13. The number of para-hydroxylation sites is 1. The SMILES string of the molecule is CC(=O)c1ccccc1OCCOc1c(CO)cc(F)cc1CO. The monoisotopic (exact) mass is 334 g/mol. The summed E-state index contributed by atoms with van der Waals surface area (Å²) in [5.74, 6) is 0.0413. The van der Waals surface area contributed by atoms with Gasteiger partial charge in [-0.05, 0) is 31.2 Å². The van der Waals surface area contributed by atoms with Crippen LogP contribution in [0.15, 0.2) is 36.4 Å². The van der Waals surface area contributed by atoms with Crippen molar-refractivity contribution in [2.45, 2.75) is 20.1 Å². The first-order chi connectivity index (χ1) is 11.6. The summed E-state index contributed by atoms with van der Waals surface area (Å²) >= 11 is 0. The summed E-state index contributed by atoms with van der Waals surface area (Å²) in [5, 5.41) is 18.6. The van der Waals surface area contributed by atoms with Gasteiger partial charge in [0.05, 0.1) is 18.8 Å². The third-order valence-corrected chi connectivity index (χ3v) is 3.40. The summed E-state index contributed by atoms with van der Waals surface area (Å²) < 4.78 is 24.5. The number of Topliss-reactive ketones (excluding diaryl/α,β-unsaturated/α-hetero) is 1. The molecule has 0 aromatic heterocycles. The number of benzene rings is 2. The minimum atomic E-state index is -0.554. The topological polar surface area (TPSA) is 76.0 Å². The zero-order chi connectivity index (χ0) is 17.5. The molecule has 6 heteroatoms. The van der Waals surface area contributed by atoms with E-state index in [1.165, 1.54) is 6.92 Å². The van der Waals surface area contributed by atoms with Crippen LogP contribution in [0.5, 0.6) is 11.5 Å². The summed E-state index contributed by atoms with van der Waals surface area (Å²) in [6.45, 7) is 0.899. The molecule has 0 aliphatic heterocycles. The standard InChI is InChI=1S/C18H19FO5/c1-12(22)16-4-2-3-5-17(16)23-6-7-24-18-13(10-20)8-15(19)9-14(18)11-21/h2-5,8-9,20-21H,6-7,10-11H2,1H3. The maximum absolute atomic E-state index is 13.4. The number of halogens is 1. The van der Waals surface area contributed by atoms with Crippen molar-refractivity contribution >= 4 is 5.78 Å². The Labute approximate surface area is 139 Å². The third kappa shape index (κ3) is 4.31. The minimum absolute atomic E-state index is 0.102. The molecule has 2 rings (SSSR count). The molecule has 0 unspecified atom stereocenters. The smallest absolute Gasteiger partial charge is 0.163 e. The van der Waals surface area contributed by atoms with E-state index < -0.39 is 19.0 Å². The molecule has 0 amide bonds. The van der Waals surface area contributed by atoms with Crippen LogP contribution in [0.1, 0.15) is 28.4 Å². The molecular formula is C18H19FO5. The van der Waals surface area contributed by atoms with Gasteiger partial charge < -0.3 is 19.7 Å². The Morgan fingerprint density at radius 1 is 1.04 bits per heavy atom. The van der Waals surface area contributed by atoms with Crippen LogP contribution in [0.2, 0.25) is 0 Å². The zero-order valence-electron chi connectivity index (χ0n) is 13.3. The first-order valence-electron chi connectivity index (χ1n) is 7.45. The fourth-order valence-electron chi connectivity index (χ4n) is 2.31. The van der Waals surface area contributed by atoms with Crippen molar-refractivity contribution < 1.29 is 28.9 Å². The highest BCUT2D eigenvalue weighted by atomic mass is 19.1. The maximum Gasteiger partial charge on any atom is 0.163 e. The molecule has 0 atom stereocenters. The van der Waals surface area contributed by atoms with E-state index in [1.54, 1.807) is 24.3 Å². The first-order valence-corrected chi connectivity index (χ1v) is 7.45. The zero-order valence-corrected chi connectivity index (χ0v) is 13.3. The second-order valence-electron chi connectivity index (χ2n) is 5.12. The van der Waals surface area contributed by atoms with Crippen molar-refractivity contribution in [3.05, 3.63) is 58.9 Å². The Kier molecular flexibility index (Phi) is 6.28. The lowest BCUT2D eigenvalue weighted by molar-refractivity contribution is 0.101. The number of carbonyl (C=O) groups is 1. The lowest BCUT2D eigenvalue weighted by atomic mass is 10.1. The van der Waals surface area contributed by atoms with Crippen LogP contribution in [-0.4, -0.2) is 29.2 Å². The maximum atomic E-state index is 13.4. The van der Waals surface area contributed by atoms with Crippen LogP contribution < -0.4 is 9.47 Å². The number of carbonyl (C=O) groups excluding carboxylic acids is 1. The van der Waals surface area contributed by atoms with E-state index in [0.717, 1.165) is 12.1 Å². The molecule has 2 aromatic rings. The number of aliphatic hydroxyl groups excluding tert-OH is 2. The summed E-state index contributed by atoms with van der Waals surface area (Å²) in [4.78, 5) is 11.5. The number of rotatable bonds is 8. The van der Waals surface area contributed by atoms with E-state index in [0.29, 0.717) is 11.3 Å². The highest BCUT2D eigenvalue weighted by molar-refractivity contribution is 5.96. The van der Waals surface area contributed by atoms with Crippen molar-refractivity contribution in [3.8, 4) is 11.5 Å². The van der Waals surface area contributed by atoms with Gasteiger partial charge in [0.15, 0.2) is 5.78 Å². The molecule has 128 valence electrons. The normalized spacial score (nSPS) is 10.5. The van der Waals surface area contributed by atoms with Crippen molar-refractivity contribution in [3.63, 3.8) is 0 Å². The molecule has 0 aliphatic rings. The van der Waals surface area contributed by atoms with E-state index in [4.69, 9.17) is 9.47 Å². The number of aliphatic hydroxyl groups is 2. The molecule has 0 saturated carbocycles. The van der Waals surface area contributed by atoms with Gasteiger partial charge in [-0.1, -0.05) is 12.1 Å². The Morgan fingerprint density at radius 3 is 2.21 bits per heavy atom. The van der Waals surface area contributed by atoms with E-state index in [2.05, 4.69) is 0 Å². The summed E-state index contributed by atoms with van der Waals surface area (Å²) in [5.41, 5.74) is 0.984. The van der Waals surface area contributed by atoms with Gasteiger partial charge in [-0.2, -0.15) is 0 Å². The second-order valence-corrected chi connectivity index (χ2v) is 5.12. The van der Waals surface area contributed by atoms with Crippen LogP contribution in [0.25, 0.3) is 0 Å². The molecule has 5 nitrogen and oxygen atoms in total. The first kappa shape index (κ1) is 17.9. The summed E-state index contributed by atoms with van der Waals surface area (Å²) in [7, 11) is 0. The van der Waals surface area contributed by atoms with E-state index in [9.17, 15) is 19.4 Å². The molecule has 24 heavy (non-hydrogen) atoms. The number of hydrogen-bond acceptors (Lipinski definition) is 5. The fraction of sp³-hybridized carbons (Fsp3) is 0.278. The van der Waals surface area contributed by atoms with Crippen LogP contribution in [0.4, 0.5) is 4.39 Å². The van der Waals surface area contributed by atoms with Gasteiger partial charge in [-0.15, -0.1) is 0 Å². The van der Waals surface area contributed by atoms with Gasteiger partial charge >= 0.3 is 0 Å². The second kappa shape index (κ2) is 8.42. The van der Waals surface area contributed by atoms with Crippen molar-refractivity contribution in [2.75, 3.05) is 13.2 Å². The molecule has 0 fully saturated rings. The van der Waals surface area contributed by atoms with Gasteiger partial charge in [-0.3, -0.25) is 4.79 Å². The quantitative estimate of drug-likeness (QED) is 0.573. The molecule has 0 saturated heterocycles. The average molecular weight is 334 g/mol. The Hall–Kier alpha value is -2.44. The third-order valence-electron chi connectivity index (χ3n) is 3.40. The average Bonchev–Trinajstić information content (AvgIpc) is 2.59. The number of hydrogen-bond donors (Lipinski definition) is 2. The molecule has 0 spiro atoms. The van der Waals surface area contributed by atoms with Crippen LogP contribution >= 0.6 is 0 Å². The molecule has 0 aliphatic carbocycles. The van der Waals surface area contributed by atoms with Crippen LogP contribution in [-0.2, 0) is 13.2 Å². The highest BCUT2D eigenvalue weighted by Gasteiger charge is 2.12. The number of ether oxygens (including phenoxy) is 2. The highest BCUT2D eigenvalue weighted by Crippen LogP contribution is 2.26. The number of ketones is 1. The molecule has 0 radical (unpaired) electrons. The van der Waals surface area contributed by atoms with Gasteiger partial charge in [-0.25, -0.2) is 4.39 Å². The van der Waals surface area contributed by atoms with Crippen LogP contribution in [0, 0.1) is 5.82 Å². The minimum Gasteiger partial charge on any atom is -0.489 e. The van der Waals surface area contributed by atoms with Gasteiger partial charge in [0.2, 0.25) is 0 Å². The molecule has 0 heterocycles. The molecule has 2 N–H and O–H groups in total. The Balaban J connectivity index is 2.02. The predicted octanol–water partition coefficient (Wildman–Crippen LogP) is 2.47. The van der Waals surface area contributed by atoms with Gasteiger partial charge in [0.25, 0.3) is 0 Å². The van der Waals surface area contributed by atoms with E-state index in [1.807, 2.05) is 0 Å².